The van der Waals surface area contributed by atoms with Crippen molar-refractivity contribution in [1.82, 2.24) is 20.6 Å². The highest BCUT2D eigenvalue weighted by molar-refractivity contribution is 6.12. The third-order valence-corrected chi connectivity index (χ3v) is 6.35. The molecule has 1 aliphatic heterocycles. The lowest BCUT2D eigenvalue weighted by atomic mass is 9.96. The number of rotatable bonds is 6. The third-order valence-electron chi connectivity index (χ3n) is 6.35. The molecular formula is C27H32N4O5. The third kappa shape index (κ3) is 6.29. The summed E-state index contributed by atoms with van der Waals surface area (Å²) in [6.45, 7) is 5.72. The van der Waals surface area contributed by atoms with Crippen molar-refractivity contribution in [3.8, 4) is 11.8 Å². The summed E-state index contributed by atoms with van der Waals surface area (Å²) in [5, 5.41) is 11.4. The van der Waals surface area contributed by atoms with E-state index >= 15 is 0 Å². The summed E-state index contributed by atoms with van der Waals surface area (Å²) in [5.41, 5.74) is 2.61. The fourth-order valence-electron chi connectivity index (χ4n) is 3.90. The van der Waals surface area contributed by atoms with Gasteiger partial charge in [0.2, 0.25) is 0 Å². The second kappa shape index (κ2) is 12.3. The Balaban J connectivity index is 1.66. The SMILES string of the molecule is CNC(=O)[C@](C)(C(=O)NO)N(C)C(=O)c1ccc(C#Cc2ccc(CN3CCCOCC3)cc2)cc1. The lowest BCUT2D eigenvalue weighted by Gasteiger charge is -2.34. The molecule has 190 valence electrons. The molecule has 0 aliphatic carbocycles. The van der Waals surface area contributed by atoms with Crippen LogP contribution in [-0.4, -0.2) is 78.7 Å². The van der Waals surface area contributed by atoms with E-state index in [0.29, 0.717) is 5.56 Å². The maximum atomic E-state index is 13.0. The average Bonchev–Trinajstić information content (AvgIpc) is 3.19. The Morgan fingerprint density at radius 2 is 1.61 bits per heavy atom. The number of carbonyl (C=O) groups excluding carboxylic acids is 3. The Morgan fingerprint density at radius 1 is 1.00 bits per heavy atom. The zero-order valence-corrected chi connectivity index (χ0v) is 20.8. The Labute approximate surface area is 211 Å². The second-order valence-electron chi connectivity index (χ2n) is 8.72. The van der Waals surface area contributed by atoms with Gasteiger partial charge in [0.05, 0.1) is 6.61 Å². The Kier molecular flexibility index (Phi) is 9.19. The van der Waals surface area contributed by atoms with Gasteiger partial charge in [-0.3, -0.25) is 24.5 Å². The maximum absolute atomic E-state index is 13.0. The van der Waals surface area contributed by atoms with Crippen LogP contribution in [0.15, 0.2) is 48.5 Å². The van der Waals surface area contributed by atoms with Gasteiger partial charge in [0.1, 0.15) is 0 Å². The summed E-state index contributed by atoms with van der Waals surface area (Å²) in [4.78, 5) is 40.8. The summed E-state index contributed by atoms with van der Waals surface area (Å²) in [6.07, 6.45) is 1.05. The van der Waals surface area contributed by atoms with E-state index in [2.05, 4.69) is 34.2 Å². The predicted molar refractivity (Wildman–Crippen MR) is 134 cm³/mol. The number of nitrogens with zero attached hydrogens (tertiary/aromatic N) is 2. The van der Waals surface area contributed by atoms with Gasteiger partial charge in [-0.25, -0.2) is 5.48 Å². The molecule has 9 nitrogen and oxygen atoms in total. The first kappa shape index (κ1) is 26.9. The van der Waals surface area contributed by atoms with Crippen molar-refractivity contribution < 1.29 is 24.3 Å². The molecule has 9 heteroatoms. The minimum absolute atomic E-state index is 0.271. The molecule has 0 radical (unpaired) electrons. The number of hydroxylamine groups is 1. The van der Waals surface area contributed by atoms with Crippen LogP contribution in [0.1, 0.15) is 40.4 Å². The van der Waals surface area contributed by atoms with E-state index in [1.807, 2.05) is 12.1 Å². The molecule has 1 heterocycles. The number of carbonyl (C=O) groups is 3. The molecule has 0 unspecified atom stereocenters. The van der Waals surface area contributed by atoms with Gasteiger partial charge >= 0.3 is 0 Å². The molecule has 1 saturated heterocycles. The second-order valence-corrected chi connectivity index (χ2v) is 8.72. The fourth-order valence-corrected chi connectivity index (χ4v) is 3.90. The molecule has 2 aromatic carbocycles. The highest BCUT2D eigenvalue weighted by atomic mass is 16.5. The van der Waals surface area contributed by atoms with Gasteiger partial charge in [0.15, 0.2) is 5.54 Å². The van der Waals surface area contributed by atoms with Gasteiger partial charge < -0.3 is 15.0 Å². The van der Waals surface area contributed by atoms with Crippen molar-refractivity contribution >= 4 is 17.7 Å². The quantitative estimate of drug-likeness (QED) is 0.243. The summed E-state index contributed by atoms with van der Waals surface area (Å²) in [5.74, 6) is 3.90. The summed E-state index contributed by atoms with van der Waals surface area (Å²) < 4.78 is 5.51. The number of benzene rings is 2. The molecule has 0 bridgehead atoms. The summed E-state index contributed by atoms with van der Waals surface area (Å²) in [7, 11) is 2.67. The molecule has 3 amide bonds. The van der Waals surface area contributed by atoms with Crippen molar-refractivity contribution in [3.05, 3.63) is 70.8 Å². The Morgan fingerprint density at radius 3 is 2.19 bits per heavy atom. The number of nitrogens with one attached hydrogen (secondary N) is 2. The minimum atomic E-state index is -1.94. The first-order chi connectivity index (χ1) is 17.3. The number of likely N-dealkylation sites (N-methyl/N-ethyl adjacent to an activating group) is 2. The highest BCUT2D eigenvalue weighted by Gasteiger charge is 2.47. The molecule has 1 aliphatic rings. The van der Waals surface area contributed by atoms with E-state index in [1.54, 1.807) is 24.3 Å². The number of hydrogen-bond donors (Lipinski definition) is 3. The van der Waals surface area contributed by atoms with Crippen LogP contribution in [0.5, 0.6) is 0 Å². The zero-order chi connectivity index (χ0) is 26.1. The number of amides is 3. The van der Waals surface area contributed by atoms with E-state index in [-0.39, 0.29) is 5.56 Å². The smallest absolute Gasteiger partial charge is 0.278 e. The van der Waals surface area contributed by atoms with Crippen LogP contribution in [0.4, 0.5) is 0 Å². The summed E-state index contributed by atoms with van der Waals surface area (Å²) >= 11 is 0. The largest absolute Gasteiger partial charge is 0.380 e. The molecule has 1 fully saturated rings. The van der Waals surface area contributed by atoms with Crippen molar-refractivity contribution in [2.24, 2.45) is 0 Å². The van der Waals surface area contributed by atoms with E-state index in [9.17, 15) is 14.4 Å². The Hall–Kier alpha value is -3.71. The molecule has 2 aromatic rings. The van der Waals surface area contributed by atoms with Gasteiger partial charge in [-0.15, -0.1) is 0 Å². The topological polar surface area (TPSA) is 111 Å². The normalized spacial score (nSPS) is 15.4. The molecule has 36 heavy (non-hydrogen) atoms. The molecule has 0 aromatic heterocycles. The van der Waals surface area contributed by atoms with Crippen LogP contribution in [0.25, 0.3) is 0 Å². The van der Waals surface area contributed by atoms with E-state index in [0.717, 1.165) is 49.7 Å². The van der Waals surface area contributed by atoms with Crippen molar-refractivity contribution in [2.45, 2.75) is 25.4 Å². The standard InChI is InChI=1S/C27H32N4O5/c1-27(25(33)28-2,26(34)29-35)30(3)24(32)23-13-11-21(12-14-23)6-5-20-7-9-22(10-8-20)19-31-15-4-17-36-18-16-31/h7-14,35H,4,15-19H2,1-3H3,(H,28,33)(H,29,34)/t27-/m1/s1. The first-order valence-electron chi connectivity index (χ1n) is 11.8. The Bertz CT molecular complexity index is 1110. The van der Waals surface area contributed by atoms with Crippen molar-refractivity contribution in [1.29, 1.82) is 0 Å². The first-order valence-corrected chi connectivity index (χ1v) is 11.8. The summed E-state index contributed by atoms with van der Waals surface area (Å²) in [6, 6.07) is 14.7. The molecule has 3 N–H and O–H groups in total. The van der Waals surface area contributed by atoms with Crippen LogP contribution in [-0.2, 0) is 20.9 Å². The van der Waals surface area contributed by atoms with Gasteiger partial charge in [0.25, 0.3) is 17.7 Å². The molecule has 0 saturated carbocycles. The van der Waals surface area contributed by atoms with Gasteiger partial charge in [0, 0.05) is 57.0 Å². The monoisotopic (exact) mass is 492 g/mol. The lowest BCUT2D eigenvalue weighted by molar-refractivity contribution is -0.148. The van der Waals surface area contributed by atoms with Crippen LogP contribution >= 0.6 is 0 Å². The molecule has 0 spiro atoms. The lowest BCUT2D eigenvalue weighted by Crippen LogP contribution is -2.64. The van der Waals surface area contributed by atoms with Crippen molar-refractivity contribution in [2.75, 3.05) is 40.4 Å². The van der Waals surface area contributed by atoms with Crippen LogP contribution in [0, 0.1) is 11.8 Å². The molecule has 1 atom stereocenters. The zero-order valence-electron chi connectivity index (χ0n) is 20.8. The van der Waals surface area contributed by atoms with Gasteiger partial charge in [-0.1, -0.05) is 24.0 Å². The number of hydrogen-bond acceptors (Lipinski definition) is 6. The minimum Gasteiger partial charge on any atom is -0.380 e. The van der Waals surface area contributed by atoms with Crippen molar-refractivity contribution in [3.63, 3.8) is 0 Å². The van der Waals surface area contributed by atoms with Crippen LogP contribution < -0.4 is 10.8 Å². The van der Waals surface area contributed by atoms with E-state index in [1.165, 1.54) is 32.1 Å². The van der Waals surface area contributed by atoms with Crippen LogP contribution in [0.3, 0.4) is 0 Å². The molecular weight excluding hydrogens is 460 g/mol. The van der Waals surface area contributed by atoms with E-state index < -0.39 is 23.3 Å². The predicted octanol–water partition coefficient (Wildman–Crippen LogP) is 1.39. The van der Waals surface area contributed by atoms with Gasteiger partial charge in [-0.2, -0.15) is 0 Å². The van der Waals surface area contributed by atoms with E-state index in [4.69, 9.17) is 9.94 Å². The average molecular weight is 493 g/mol. The maximum Gasteiger partial charge on any atom is 0.278 e. The van der Waals surface area contributed by atoms with Gasteiger partial charge in [-0.05, 0) is 55.3 Å². The molecule has 3 rings (SSSR count). The number of ether oxygens (including phenoxy) is 1. The highest BCUT2D eigenvalue weighted by Crippen LogP contribution is 2.18. The van der Waals surface area contributed by atoms with Crippen LogP contribution in [0.2, 0.25) is 0 Å². The fraction of sp³-hybridized carbons (Fsp3) is 0.370.